The fourth-order valence-electron chi connectivity index (χ4n) is 1.99. The van der Waals surface area contributed by atoms with Crippen LogP contribution in [0.5, 0.6) is 0 Å². The van der Waals surface area contributed by atoms with Crippen LogP contribution < -0.4 is 4.65 Å². The zero-order valence-corrected chi connectivity index (χ0v) is 10.6. The smallest absolute Gasteiger partial charge is 0.172 e. The summed E-state index contributed by atoms with van der Waals surface area (Å²) in [5, 5.41) is 0. The first-order chi connectivity index (χ1) is 4.99. The molecular weight excluding hydrogens is 168 g/mol. The van der Waals surface area contributed by atoms with Crippen LogP contribution in [0.25, 0.3) is 0 Å². The van der Waals surface area contributed by atoms with Crippen LogP contribution in [-0.2, 0) is 0 Å². The predicted octanol–water partition coefficient (Wildman–Crippen LogP) is 0.781. The third kappa shape index (κ3) is 1.58. The van der Waals surface area contributed by atoms with E-state index in [2.05, 4.69) is 42.7 Å². The van der Waals surface area contributed by atoms with E-state index in [-0.39, 0.29) is 0 Å². The topological polar surface area (TPSA) is 15.3 Å². The molecule has 1 fully saturated rings. The monoisotopic (exact) mass is 188 g/mol. The normalized spacial score (nSPS) is 33.5. The fourth-order valence-corrected chi connectivity index (χ4v) is 10.6. The molecule has 0 radical (unpaired) electrons. The fraction of sp³-hybridized carbons (Fsp3) is 1.00. The van der Waals surface area contributed by atoms with E-state index in [1.54, 1.807) is 0 Å². The molecule has 2 atom stereocenters. The van der Waals surface area contributed by atoms with Gasteiger partial charge in [-0.15, -0.1) is 0 Å². The maximum atomic E-state index is 3.70. The minimum atomic E-state index is -0.640. The molecule has 11 heavy (non-hydrogen) atoms. The van der Waals surface area contributed by atoms with Crippen molar-refractivity contribution in [3.63, 3.8) is 0 Å². The summed E-state index contributed by atoms with van der Waals surface area (Å²) in [6, 6.07) is 0. The van der Waals surface area contributed by atoms with E-state index < -0.39 is 18.2 Å². The molecule has 1 heterocycles. The van der Waals surface area contributed by atoms with Crippen LogP contribution in [-0.4, -0.2) is 28.0 Å². The van der Waals surface area contributed by atoms with E-state index in [9.17, 15) is 0 Å². The van der Waals surface area contributed by atoms with Crippen molar-refractivity contribution < 1.29 is 0 Å². The van der Waals surface area contributed by atoms with Crippen molar-refractivity contribution >= 4 is 18.2 Å². The molecule has 0 bridgehead atoms. The number of rotatable bonds is 2. The van der Waals surface area contributed by atoms with Crippen LogP contribution in [0.3, 0.4) is 0 Å². The van der Waals surface area contributed by atoms with Crippen molar-refractivity contribution in [1.82, 2.24) is 8.88 Å². The highest BCUT2D eigenvalue weighted by Gasteiger charge is 2.41. The van der Waals surface area contributed by atoms with Gasteiger partial charge in [0.1, 0.15) is 0 Å². The average molecular weight is 188 g/mol. The summed E-state index contributed by atoms with van der Waals surface area (Å²) in [4.78, 5) is 0. The lowest BCUT2D eigenvalue weighted by Gasteiger charge is -2.54. The molecule has 2 nitrogen and oxygen atoms in total. The van der Waals surface area contributed by atoms with Gasteiger partial charge >= 0.3 is 0 Å². The third-order valence-electron chi connectivity index (χ3n) is 2.88. The van der Waals surface area contributed by atoms with Gasteiger partial charge in [0.2, 0.25) is 0 Å². The first kappa shape index (κ1) is 9.44. The minimum absolute atomic E-state index is 0.475. The molecule has 0 saturated carbocycles. The largest absolute Gasteiger partial charge is 0.341 e. The quantitative estimate of drug-likeness (QED) is 0.644. The molecule has 0 aromatic rings. The summed E-state index contributed by atoms with van der Waals surface area (Å²) in [6.45, 7) is 11.8. The van der Waals surface area contributed by atoms with Crippen LogP contribution in [0.4, 0.5) is 0 Å². The Morgan fingerprint density at radius 3 is 1.91 bits per heavy atom. The van der Waals surface area contributed by atoms with E-state index in [0.29, 0.717) is 5.54 Å². The third-order valence-corrected chi connectivity index (χ3v) is 12.5. The van der Waals surface area contributed by atoms with Crippen LogP contribution in [0.15, 0.2) is 0 Å². The molecule has 66 valence electrons. The van der Waals surface area contributed by atoms with E-state index in [1.165, 1.54) is 6.42 Å². The highest BCUT2D eigenvalue weighted by molar-refractivity contribution is 6.85. The van der Waals surface area contributed by atoms with Gasteiger partial charge in [-0.05, 0) is 33.4 Å². The lowest BCUT2D eigenvalue weighted by atomic mass is 10.0. The second-order valence-corrected chi connectivity index (χ2v) is 9.84. The predicted molar refractivity (Wildman–Crippen MR) is 55.4 cm³/mol. The first-order valence-electron chi connectivity index (χ1n) is 4.53. The molecule has 4 heteroatoms. The van der Waals surface area contributed by atoms with E-state index in [4.69, 9.17) is 0 Å². The van der Waals surface area contributed by atoms with Crippen LogP contribution >= 0.6 is 0 Å². The Morgan fingerprint density at radius 1 is 1.27 bits per heavy atom. The molecule has 1 aliphatic heterocycles. The van der Waals surface area contributed by atoms with Crippen molar-refractivity contribution in [3.8, 4) is 0 Å². The summed E-state index contributed by atoms with van der Waals surface area (Å²) in [5.74, 6) is 0. The number of hydrogen-bond donors (Lipinski definition) is 1. The van der Waals surface area contributed by atoms with Gasteiger partial charge in [-0.2, -0.15) is 0 Å². The van der Waals surface area contributed by atoms with Gasteiger partial charge in [0, 0.05) is 5.54 Å². The molecule has 0 spiro atoms. The minimum Gasteiger partial charge on any atom is -0.341 e. The summed E-state index contributed by atoms with van der Waals surface area (Å²) in [6.07, 6.45) is 1.28. The standard InChI is InChI=1S/C7H20N2Si2/c1-6-7(2,3)9-10(4)8-11(9)5/h8,10-11H,6H2,1-5H3. The second-order valence-electron chi connectivity index (χ2n) is 4.09. The summed E-state index contributed by atoms with van der Waals surface area (Å²) in [5.41, 5.74) is 0.475. The Labute approximate surface area is 73.5 Å². The maximum Gasteiger partial charge on any atom is 0.172 e. The molecule has 1 aliphatic rings. The summed E-state index contributed by atoms with van der Waals surface area (Å²) < 4.78 is 6.50. The first-order valence-corrected chi connectivity index (χ1v) is 9.03. The summed E-state index contributed by atoms with van der Waals surface area (Å²) >= 11 is 0. The van der Waals surface area contributed by atoms with Gasteiger partial charge in [0.05, 0.1) is 0 Å². The lowest BCUT2D eigenvalue weighted by molar-refractivity contribution is 0.297. The van der Waals surface area contributed by atoms with E-state index >= 15 is 0 Å². The molecule has 1 N–H and O–H groups in total. The zero-order valence-electron chi connectivity index (χ0n) is 8.31. The second kappa shape index (κ2) is 3.01. The van der Waals surface area contributed by atoms with Crippen molar-refractivity contribution in [2.24, 2.45) is 0 Å². The molecule has 1 rings (SSSR count). The van der Waals surface area contributed by atoms with Crippen LogP contribution in [0, 0.1) is 0 Å². The highest BCUT2D eigenvalue weighted by atomic mass is 28.4. The molecule has 2 unspecified atom stereocenters. The average Bonchev–Trinajstić information content (AvgIpc) is 1.86. The Hall–Kier alpha value is 0.354. The number of nitrogens with one attached hydrogen (secondary N) is 1. The Balaban J connectivity index is 2.58. The lowest BCUT2D eigenvalue weighted by Crippen LogP contribution is -2.78. The van der Waals surface area contributed by atoms with Crippen molar-refractivity contribution in [3.05, 3.63) is 0 Å². The molecule has 0 aliphatic carbocycles. The molecule has 0 aromatic heterocycles. The Morgan fingerprint density at radius 2 is 1.73 bits per heavy atom. The van der Waals surface area contributed by atoms with Gasteiger partial charge in [-0.25, -0.2) is 0 Å². The summed E-state index contributed by atoms with van der Waals surface area (Å²) in [7, 11) is -1.28. The molecule has 1 saturated heterocycles. The number of nitrogens with zero attached hydrogens (tertiary/aromatic N) is 1. The number of hydrogen-bond acceptors (Lipinski definition) is 2. The maximum absolute atomic E-state index is 3.70. The van der Waals surface area contributed by atoms with Gasteiger partial charge in [-0.3, -0.25) is 0 Å². The van der Waals surface area contributed by atoms with Crippen LogP contribution in [0.1, 0.15) is 27.2 Å². The van der Waals surface area contributed by atoms with Gasteiger partial charge in [0.25, 0.3) is 0 Å². The van der Waals surface area contributed by atoms with Crippen molar-refractivity contribution in [2.75, 3.05) is 0 Å². The van der Waals surface area contributed by atoms with Crippen molar-refractivity contribution in [1.29, 1.82) is 0 Å². The van der Waals surface area contributed by atoms with E-state index in [0.717, 1.165) is 0 Å². The molecule has 0 aromatic carbocycles. The SMILES string of the molecule is CCC(C)(C)N1[SiH](C)N[SiH]1C. The van der Waals surface area contributed by atoms with E-state index in [1.807, 2.05) is 0 Å². The molecular formula is C7H20N2Si2. The zero-order chi connectivity index (χ0) is 8.65. The van der Waals surface area contributed by atoms with Gasteiger partial charge in [0.15, 0.2) is 18.2 Å². The molecule has 0 amide bonds. The van der Waals surface area contributed by atoms with Crippen LogP contribution in [0.2, 0.25) is 13.1 Å². The Kier molecular flexibility index (Phi) is 2.58. The highest BCUT2D eigenvalue weighted by Crippen LogP contribution is 2.24. The Bertz CT molecular complexity index is 141. The van der Waals surface area contributed by atoms with Crippen molar-refractivity contribution in [2.45, 2.75) is 45.8 Å². The van der Waals surface area contributed by atoms with Gasteiger partial charge < -0.3 is 8.88 Å². The van der Waals surface area contributed by atoms with Gasteiger partial charge in [-0.1, -0.05) is 6.92 Å².